The number of hydrogen-bond acceptors (Lipinski definition) is 8. The van der Waals surface area contributed by atoms with Crippen molar-refractivity contribution in [1.29, 1.82) is 0 Å². The van der Waals surface area contributed by atoms with Gasteiger partial charge in [0.2, 0.25) is 6.10 Å². The van der Waals surface area contributed by atoms with Crippen LogP contribution in [-0.2, 0) is 30.4 Å². The Labute approximate surface area is 245 Å². The molecule has 1 aliphatic heterocycles. The molecular formula is C30H37N3O6S2. The van der Waals surface area contributed by atoms with Gasteiger partial charge in [-0.25, -0.2) is 23.1 Å². The number of ether oxygens (including phenoxy) is 2. The highest BCUT2D eigenvalue weighted by Gasteiger charge is 2.35. The van der Waals surface area contributed by atoms with Gasteiger partial charge in [0.1, 0.15) is 0 Å². The second-order valence-electron chi connectivity index (χ2n) is 10.5. The van der Waals surface area contributed by atoms with E-state index in [9.17, 15) is 14.7 Å². The zero-order chi connectivity index (χ0) is 28.8. The third-order valence-corrected chi connectivity index (χ3v) is 11.6. The molecular weight excluding hydrogens is 562 g/mol. The van der Waals surface area contributed by atoms with Gasteiger partial charge in [-0.05, 0) is 55.9 Å². The summed E-state index contributed by atoms with van der Waals surface area (Å²) in [6.45, 7) is 2.92. The molecule has 1 aromatic heterocycles. The normalized spacial score (nSPS) is 19.8. The van der Waals surface area contributed by atoms with Crippen LogP contribution in [0.3, 0.4) is 0 Å². The number of unbranched alkanes of at least 4 members (excludes halogenated alkanes) is 1. The Hall–Kier alpha value is -2.99. The van der Waals surface area contributed by atoms with E-state index in [1.165, 1.54) is 11.3 Å². The molecule has 2 N–H and O–H groups in total. The number of aromatic nitrogens is 1. The Morgan fingerprint density at radius 3 is 2.76 bits per heavy atom. The number of aliphatic hydroxyl groups excluding tert-OH is 1. The zero-order valence-corrected chi connectivity index (χ0v) is 24.8. The molecule has 1 saturated heterocycles. The van der Waals surface area contributed by atoms with Gasteiger partial charge < -0.3 is 19.9 Å². The Kier molecular flexibility index (Phi) is 9.59. The van der Waals surface area contributed by atoms with Crippen LogP contribution in [0.25, 0.3) is 10.2 Å². The van der Waals surface area contributed by atoms with Crippen LogP contribution in [0.5, 0.6) is 0 Å². The average molecular weight is 600 g/mol. The van der Waals surface area contributed by atoms with Gasteiger partial charge in [0.25, 0.3) is 0 Å². The van der Waals surface area contributed by atoms with Crippen molar-refractivity contribution in [1.82, 2.24) is 14.6 Å². The van der Waals surface area contributed by atoms with Crippen molar-refractivity contribution in [3.05, 3.63) is 59.6 Å². The van der Waals surface area contributed by atoms with Crippen molar-refractivity contribution in [2.75, 3.05) is 19.7 Å². The smallest absolute Gasteiger partial charge is 0.408 e. The van der Waals surface area contributed by atoms with Crippen molar-refractivity contribution >= 4 is 48.2 Å². The molecule has 4 atom stereocenters. The van der Waals surface area contributed by atoms with Crippen molar-refractivity contribution in [3.8, 4) is 0 Å². The Morgan fingerprint density at radius 2 is 2.07 bits per heavy atom. The highest BCUT2D eigenvalue weighted by Crippen LogP contribution is 2.31. The lowest BCUT2D eigenvalue weighted by atomic mass is 10.0. The fourth-order valence-electron chi connectivity index (χ4n) is 5.15. The number of aliphatic hydroxyl groups is 1. The molecule has 2 fully saturated rings. The molecule has 220 valence electrons. The van der Waals surface area contributed by atoms with Gasteiger partial charge in [-0.15, -0.1) is 11.3 Å². The lowest BCUT2D eigenvalue weighted by molar-refractivity contribution is -0.144. The highest BCUT2D eigenvalue weighted by atomic mass is 32.2. The lowest BCUT2D eigenvalue weighted by Crippen LogP contribution is -2.52. The summed E-state index contributed by atoms with van der Waals surface area (Å²) in [5, 5.41) is 14.5. The maximum atomic E-state index is 15.1. The SMILES string of the molecule is CCCCN(C[C@@H](O)[C@H](Cc1ccccc1)NC(=O)O[C@@H]1CCOC1=O)S(=O)(=C1CCC1)c1ccc2ncsc2c1. The number of nitrogens with zero attached hydrogens (tertiary/aromatic N) is 2. The first-order valence-electron chi connectivity index (χ1n) is 14.2. The molecule has 0 bridgehead atoms. The second-order valence-corrected chi connectivity index (χ2v) is 14.0. The number of benzene rings is 2. The number of carbonyl (C=O) groups excluding carboxylic acids is 2. The number of rotatable bonds is 12. The van der Waals surface area contributed by atoms with Crippen LogP contribution >= 0.6 is 11.3 Å². The standard InChI is InChI=1S/C30H37N3O6S2/c1-2-3-15-33(41(37,22-10-7-11-22)23-12-13-24-28(18-23)40-20-31-24)19-26(34)25(17-21-8-5-4-6-9-21)32-30(36)39-27-14-16-38-29(27)35/h4-6,8-9,12-13,18,20,25-27,34H,2-3,7,10-11,14-17,19H2,1H3,(H,32,36)/t25-,26+,27+,41?/m0/s1. The Bertz CT molecular complexity index is 1480. The number of esters is 1. The van der Waals surface area contributed by atoms with Crippen LogP contribution in [0.15, 0.2) is 58.9 Å². The number of carbonyl (C=O) groups is 2. The quantitative estimate of drug-likeness (QED) is 0.235. The summed E-state index contributed by atoms with van der Waals surface area (Å²) in [5.41, 5.74) is 3.58. The first-order valence-corrected chi connectivity index (χ1v) is 16.6. The summed E-state index contributed by atoms with van der Waals surface area (Å²) >= 11 is 1.52. The van der Waals surface area contributed by atoms with Gasteiger partial charge in [0, 0.05) is 29.3 Å². The van der Waals surface area contributed by atoms with Crippen molar-refractivity contribution < 1.29 is 28.4 Å². The number of amides is 1. The third kappa shape index (κ3) is 6.74. The van der Waals surface area contributed by atoms with E-state index in [0.717, 1.165) is 57.6 Å². The molecule has 1 aliphatic carbocycles. The minimum atomic E-state index is -2.78. The molecule has 1 unspecified atom stereocenters. The van der Waals surface area contributed by atoms with E-state index < -0.39 is 40.0 Å². The number of cyclic esters (lactones) is 1. The number of thiazole rings is 1. The van der Waals surface area contributed by atoms with Crippen molar-refractivity contribution in [3.63, 3.8) is 0 Å². The van der Waals surface area contributed by atoms with E-state index in [4.69, 9.17) is 9.47 Å². The van der Waals surface area contributed by atoms with E-state index in [1.54, 1.807) is 5.51 Å². The van der Waals surface area contributed by atoms with Crippen LogP contribution in [-0.4, -0.2) is 73.5 Å². The first kappa shape index (κ1) is 29.5. The molecule has 3 aromatic rings. The summed E-state index contributed by atoms with van der Waals surface area (Å²) in [6.07, 6.45) is 2.09. The lowest BCUT2D eigenvalue weighted by Gasteiger charge is -2.36. The number of hydrogen-bond donors (Lipinski definition) is 2. The zero-order valence-electron chi connectivity index (χ0n) is 23.2. The summed E-state index contributed by atoms with van der Waals surface area (Å²) in [5.74, 6) is -0.568. The fourth-order valence-corrected chi connectivity index (χ4v) is 9.06. The molecule has 11 heteroatoms. The minimum absolute atomic E-state index is 0.0896. The summed E-state index contributed by atoms with van der Waals surface area (Å²) < 4.78 is 28.3. The minimum Gasteiger partial charge on any atom is -0.463 e. The largest absolute Gasteiger partial charge is 0.463 e. The van der Waals surface area contributed by atoms with Crippen LogP contribution in [0.1, 0.15) is 51.0 Å². The van der Waals surface area contributed by atoms with Gasteiger partial charge in [-0.3, -0.25) is 0 Å². The van der Waals surface area contributed by atoms with Crippen molar-refractivity contribution in [2.45, 2.75) is 75.0 Å². The predicted molar refractivity (Wildman–Crippen MR) is 160 cm³/mol. The first-order chi connectivity index (χ1) is 19.9. The van der Waals surface area contributed by atoms with E-state index in [1.807, 2.05) is 52.8 Å². The maximum Gasteiger partial charge on any atom is 0.408 e. The van der Waals surface area contributed by atoms with Gasteiger partial charge in [0.05, 0.1) is 44.2 Å². The number of nitrogens with one attached hydrogen (secondary N) is 1. The average Bonchev–Trinajstić information content (AvgIpc) is 3.58. The van der Waals surface area contributed by atoms with E-state index in [2.05, 4.69) is 17.2 Å². The molecule has 2 aliphatic rings. The molecule has 41 heavy (non-hydrogen) atoms. The topological polar surface area (TPSA) is 118 Å². The van der Waals surface area contributed by atoms with Gasteiger partial charge >= 0.3 is 12.1 Å². The van der Waals surface area contributed by atoms with E-state index >= 15 is 4.21 Å². The van der Waals surface area contributed by atoms with Crippen LogP contribution in [0.4, 0.5) is 4.79 Å². The Morgan fingerprint density at radius 1 is 1.27 bits per heavy atom. The third-order valence-electron chi connectivity index (χ3n) is 7.64. The molecule has 5 rings (SSSR count). The fraction of sp³-hybridized carbons (Fsp3) is 0.467. The van der Waals surface area contributed by atoms with Gasteiger partial charge in [-0.1, -0.05) is 43.7 Å². The predicted octanol–water partition coefficient (Wildman–Crippen LogP) is 4.33. The summed E-state index contributed by atoms with van der Waals surface area (Å²) in [7, 11) is -2.78. The molecule has 1 amide bonds. The molecule has 9 nitrogen and oxygen atoms in total. The van der Waals surface area contributed by atoms with Crippen molar-refractivity contribution in [2.24, 2.45) is 0 Å². The van der Waals surface area contributed by atoms with Crippen LogP contribution < -0.4 is 5.32 Å². The molecule has 2 aromatic carbocycles. The highest BCUT2D eigenvalue weighted by molar-refractivity contribution is 8.00. The number of fused-ring (bicyclic) bond motifs is 1. The monoisotopic (exact) mass is 599 g/mol. The summed E-state index contributed by atoms with van der Waals surface area (Å²) in [6, 6.07) is 14.6. The van der Waals surface area contributed by atoms with E-state index in [-0.39, 0.29) is 13.2 Å². The van der Waals surface area contributed by atoms with Gasteiger partial charge in [-0.2, -0.15) is 0 Å². The Balaban J connectivity index is 1.43. The van der Waals surface area contributed by atoms with Crippen LogP contribution in [0, 0.1) is 0 Å². The molecule has 0 spiro atoms. The number of alkyl carbamates (subject to hydrolysis) is 1. The van der Waals surface area contributed by atoms with Gasteiger partial charge in [0.15, 0.2) is 0 Å². The molecule has 2 heterocycles. The summed E-state index contributed by atoms with van der Waals surface area (Å²) in [4.78, 5) is 30.8. The van der Waals surface area contributed by atoms with E-state index in [0.29, 0.717) is 19.4 Å². The molecule has 1 saturated carbocycles. The molecule has 0 radical (unpaired) electrons. The second kappa shape index (κ2) is 13.3. The maximum absolute atomic E-state index is 15.1. The van der Waals surface area contributed by atoms with Crippen LogP contribution in [0.2, 0.25) is 0 Å².